The molecule has 1 aliphatic rings. The van der Waals surface area contributed by atoms with Crippen LogP contribution < -0.4 is 15.5 Å². The van der Waals surface area contributed by atoms with Crippen molar-refractivity contribution in [3.05, 3.63) is 107 Å². The molecule has 1 aromatic carbocycles. The zero-order chi connectivity index (χ0) is 27.7. The first-order valence-electron chi connectivity index (χ1n) is 13.2. The Morgan fingerprint density at radius 2 is 1.90 bits per heavy atom. The molecule has 7 nitrogen and oxygen atoms in total. The lowest BCUT2D eigenvalue weighted by atomic mass is 9.96. The third kappa shape index (κ3) is 5.29. The van der Waals surface area contributed by atoms with E-state index in [4.69, 9.17) is 17.2 Å². The van der Waals surface area contributed by atoms with E-state index >= 15 is 0 Å². The molecular formula is C31H34N6OS. The minimum atomic E-state index is -0.133. The Morgan fingerprint density at radius 1 is 1.08 bits per heavy atom. The summed E-state index contributed by atoms with van der Waals surface area (Å²) in [6, 6.07) is 18.1. The van der Waals surface area contributed by atoms with Gasteiger partial charge in [-0.25, -0.2) is 0 Å². The van der Waals surface area contributed by atoms with E-state index in [2.05, 4.69) is 57.1 Å². The van der Waals surface area contributed by atoms with Crippen LogP contribution >= 0.6 is 12.2 Å². The molecule has 5 rings (SSSR count). The summed E-state index contributed by atoms with van der Waals surface area (Å²) in [6.07, 6.45) is 5.53. The number of amides is 1. The summed E-state index contributed by atoms with van der Waals surface area (Å²) in [5.41, 5.74) is 8.38. The maximum absolute atomic E-state index is 12.3. The number of carbonyl (C=O) groups excluding carboxylic acids is 1. The zero-order valence-corrected chi connectivity index (χ0v) is 23.8. The summed E-state index contributed by atoms with van der Waals surface area (Å²) >= 11 is 5.95. The van der Waals surface area contributed by atoms with Crippen molar-refractivity contribution in [1.29, 1.82) is 0 Å². The lowest BCUT2D eigenvalue weighted by Gasteiger charge is -2.29. The highest BCUT2D eigenvalue weighted by Crippen LogP contribution is 2.44. The van der Waals surface area contributed by atoms with Gasteiger partial charge in [0.15, 0.2) is 5.11 Å². The van der Waals surface area contributed by atoms with Crippen molar-refractivity contribution in [2.24, 2.45) is 5.92 Å². The molecule has 0 unspecified atom stereocenters. The average Bonchev–Trinajstić information content (AvgIpc) is 3.41. The minimum absolute atomic E-state index is 0.00152. The Labute approximate surface area is 235 Å². The normalized spacial score (nSPS) is 17.0. The van der Waals surface area contributed by atoms with Crippen LogP contribution in [-0.4, -0.2) is 25.6 Å². The number of thiocarbonyl (C=S) groups is 1. The summed E-state index contributed by atoms with van der Waals surface area (Å²) in [6.45, 7) is 10.8. The molecule has 1 aliphatic heterocycles. The summed E-state index contributed by atoms with van der Waals surface area (Å²) in [7, 11) is 0. The molecule has 1 saturated heterocycles. The summed E-state index contributed by atoms with van der Waals surface area (Å²) in [5.74, 6) is -0.0942. The number of aryl methyl sites for hydroxylation is 2. The lowest BCUT2D eigenvalue weighted by Crippen LogP contribution is -2.29. The fourth-order valence-electron chi connectivity index (χ4n) is 5.21. The van der Waals surface area contributed by atoms with Crippen molar-refractivity contribution in [2.75, 3.05) is 10.2 Å². The number of pyridine rings is 2. The highest BCUT2D eigenvalue weighted by Gasteiger charge is 2.42. The molecule has 0 saturated carbocycles. The fourth-order valence-corrected chi connectivity index (χ4v) is 5.55. The Kier molecular flexibility index (Phi) is 7.48. The molecule has 4 aromatic rings. The van der Waals surface area contributed by atoms with Crippen molar-refractivity contribution < 1.29 is 4.79 Å². The number of nitrogens with one attached hydrogen (secondary N) is 2. The van der Waals surface area contributed by atoms with Gasteiger partial charge in [0.1, 0.15) is 0 Å². The van der Waals surface area contributed by atoms with Crippen LogP contribution in [0.5, 0.6) is 0 Å². The highest BCUT2D eigenvalue weighted by atomic mass is 32.1. The largest absolute Gasteiger partial charge is 0.351 e. The third-order valence-corrected chi connectivity index (χ3v) is 7.68. The van der Waals surface area contributed by atoms with E-state index in [1.165, 1.54) is 17.0 Å². The monoisotopic (exact) mass is 538 g/mol. The van der Waals surface area contributed by atoms with Crippen LogP contribution in [0.2, 0.25) is 0 Å². The van der Waals surface area contributed by atoms with Gasteiger partial charge < -0.3 is 20.1 Å². The molecule has 4 heterocycles. The molecule has 8 heteroatoms. The number of hydrogen-bond acceptors (Lipinski definition) is 4. The smallest absolute Gasteiger partial charge is 0.226 e. The van der Waals surface area contributed by atoms with Gasteiger partial charge in [-0.1, -0.05) is 26.0 Å². The van der Waals surface area contributed by atoms with Crippen LogP contribution in [0, 0.1) is 26.7 Å². The third-order valence-electron chi connectivity index (χ3n) is 7.36. The first-order chi connectivity index (χ1) is 18.7. The fraction of sp³-hybridized carbons (Fsp3) is 0.290. The first-order valence-corrected chi connectivity index (χ1v) is 13.6. The predicted molar refractivity (Wildman–Crippen MR) is 160 cm³/mol. The van der Waals surface area contributed by atoms with E-state index < -0.39 is 0 Å². The molecule has 0 radical (unpaired) electrons. The predicted octanol–water partition coefficient (Wildman–Crippen LogP) is 6.02. The van der Waals surface area contributed by atoms with Gasteiger partial charge in [-0.05, 0) is 92.1 Å². The average molecular weight is 539 g/mol. The van der Waals surface area contributed by atoms with Gasteiger partial charge in [-0.2, -0.15) is 0 Å². The number of benzene rings is 1. The number of aromatic nitrogens is 3. The molecule has 2 atom stereocenters. The van der Waals surface area contributed by atoms with E-state index in [0.29, 0.717) is 5.11 Å². The Bertz CT molecular complexity index is 1500. The van der Waals surface area contributed by atoms with Crippen molar-refractivity contribution in [3.8, 4) is 0 Å². The highest BCUT2D eigenvalue weighted by molar-refractivity contribution is 7.80. The molecular weight excluding hydrogens is 504 g/mol. The SMILES string of the molecule is Cc1cc(N2C(=S)N[C@@H](c3ccccn3)[C@H]2c2cc(C)n(Cc3cccnc3)c2C)ccc1NC(=O)C(C)C. The Hall–Kier alpha value is -4.04. The molecule has 39 heavy (non-hydrogen) atoms. The number of hydrogen-bond donors (Lipinski definition) is 2. The van der Waals surface area contributed by atoms with Crippen LogP contribution in [0.1, 0.15) is 59.7 Å². The van der Waals surface area contributed by atoms with Crippen LogP contribution in [0.25, 0.3) is 0 Å². The van der Waals surface area contributed by atoms with Gasteiger partial charge in [-0.3, -0.25) is 14.8 Å². The van der Waals surface area contributed by atoms with E-state index in [0.717, 1.165) is 34.7 Å². The maximum atomic E-state index is 12.3. The van der Waals surface area contributed by atoms with E-state index in [-0.39, 0.29) is 23.9 Å². The molecule has 0 bridgehead atoms. The standard InChI is InChI=1S/C31H34N6OS/c1-19(2)30(38)34-26-12-11-24(15-20(26)3)37-29(28(35-31(37)39)27-10-6-7-14-33-27)25-16-21(4)36(22(25)5)18-23-9-8-13-32-17-23/h6-17,19,28-29H,18H2,1-5H3,(H,34,38)(H,35,39)/t28-,29+/m0/s1. The zero-order valence-electron chi connectivity index (χ0n) is 23.0. The summed E-state index contributed by atoms with van der Waals surface area (Å²) < 4.78 is 2.33. The van der Waals surface area contributed by atoms with Gasteiger partial charge in [0.25, 0.3) is 0 Å². The molecule has 2 N–H and O–H groups in total. The Balaban J connectivity index is 1.57. The molecule has 200 valence electrons. The second-order valence-electron chi connectivity index (χ2n) is 10.4. The number of nitrogens with zero attached hydrogens (tertiary/aromatic N) is 4. The van der Waals surface area contributed by atoms with Crippen LogP contribution in [-0.2, 0) is 11.3 Å². The molecule has 3 aromatic heterocycles. The van der Waals surface area contributed by atoms with E-state index in [1.54, 1.807) is 6.20 Å². The van der Waals surface area contributed by atoms with E-state index in [1.807, 2.05) is 69.6 Å². The van der Waals surface area contributed by atoms with Crippen molar-refractivity contribution in [1.82, 2.24) is 19.9 Å². The Morgan fingerprint density at radius 3 is 2.56 bits per heavy atom. The summed E-state index contributed by atoms with van der Waals surface area (Å²) in [4.78, 5) is 23.5. The number of rotatable bonds is 7. The topological polar surface area (TPSA) is 75.1 Å². The second kappa shape index (κ2) is 11.0. The molecule has 1 amide bonds. The van der Waals surface area contributed by atoms with Gasteiger partial charge >= 0.3 is 0 Å². The summed E-state index contributed by atoms with van der Waals surface area (Å²) in [5, 5.41) is 7.24. The van der Waals surface area contributed by atoms with Gasteiger partial charge in [0.05, 0.1) is 17.8 Å². The molecule has 1 fully saturated rings. The van der Waals surface area contributed by atoms with Crippen LogP contribution in [0.4, 0.5) is 11.4 Å². The second-order valence-corrected chi connectivity index (χ2v) is 10.8. The van der Waals surface area contributed by atoms with Gasteiger partial charge in [0, 0.05) is 53.8 Å². The van der Waals surface area contributed by atoms with Crippen molar-refractivity contribution in [3.63, 3.8) is 0 Å². The quantitative estimate of drug-likeness (QED) is 0.280. The van der Waals surface area contributed by atoms with Gasteiger partial charge in [-0.15, -0.1) is 0 Å². The molecule has 0 spiro atoms. The first kappa shape index (κ1) is 26.6. The van der Waals surface area contributed by atoms with E-state index in [9.17, 15) is 4.79 Å². The van der Waals surface area contributed by atoms with Crippen LogP contribution in [0.15, 0.2) is 73.2 Å². The van der Waals surface area contributed by atoms with Crippen LogP contribution in [0.3, 0.4) is 0 Å². The van der Waals surface area contributed by atoms with Crippen molar-refractivity contribution >= 4 is 34.6 Å². The lowest BCUT2D eigenvalue weighted by molar-refractivity contribution is -0.118. The number of anilines is 2. The minimum Gasteiger partial charge on any atom is -0.351 e. The van der Waals surface area contributed by atoms with Gasteiger partial charge in [0.2, 0.25) is 5.91 Å². The number of carbonyl (C=O) groups is 1. The molecule has 0 aliphatic carbocycles. The maximum Gasteiger partial charge on any atom is 0.226 e. The van der Waals surface area contributed by atoms with Crippen molar-refractivity contribution in [2.45, 2.75) is 53.2 Å².